The zero-order chi connectivity index (χ0) is 18.1. The number of rotatable bonds is 2. The van der Waals surface area contributed by atoms with Crippen molar-refractivity contribution in [2.75, 3.05) is 29.9 Å². The number of hydrogen-bond donors (Lipinski definition) is 1. The molecule has 0 spiro atoms. The van der Waals surface area contributed by atoms with Crippen LogP contribution in [0.25, 0.3) is 0 Å². The summed E-state index contributed by atoms with van der Waals surface area (Å²) in [6.07, 6.45) is 2.97. The molecule has 2 aromatic carbocycles. The van der Waals surface area contributed by atoms with Gasteiger partial charge in [0.2, 0.25) is 0 Å². The Kier molecular flexibility index (Phi) is 4.58. The maximum absolute atomic E-state index is 12.7. The van der Waals surface area contributed by atoms with Gasteiger partial charge in [0.15, 0.2) is 0 Å². The first kappa shape index (κ1) is 17.0. The van der Waals surface area contributed by atoms with Gasteiger partial charge >= 0.3 is 6.03 Å². The molecule has 4 rings (SSSR count). The molecule has 26 heavy (non-hydrogen) atoms. The van der Waals surface area contributed by atoms with Gasteiger partial charge in [-0.15, -0.1) is 0 Å². The van der Waals surface area contributed by atoms with E-state index in [0.29, 0.717) is 6.04 Å². The summed E-state index contributed by atoms with van der Waals surface area (Å²) < 4.78 is 0. The van der Waals surface area contributed by atoms with Crippen molar-refractivity contribution >= 4 is 17.4 Å². The molecule has 0 atom stereocenters. The average Bonchev–Trinajstić information content (AvgIpc) is 2.80. The molecule has 136 valence electrons. The highest BCUT2D eigenvalue weighted by molar-refractivity contribution is 5.91. The van der Waals surface area contributed by atoms with E-state index in [4.69, 9.17) is 0 Å². The van der Waals surface area contributed by atoms with E-state index in [0.717, 1.165) is 44.6 Å². The molecule has 1 fully saturated rings. The van der Waals surface area contributed by atoms with Crippen LogP contribution in [0.3, 0.4) is 0 Å². The third-order valence-corrected chi connectivity index (χ3v) is 5.74. The zero-order valence-corrected chi connectivity index (χ0v) is 15.7. The molecule has 2 heterocycles. The van der Waals surface area contributed by atoms with Crippen LogP contribution in [0.4, 0.5) is 16.2 Å². The molecule has 4 nitrogen and oxygen atoms in total. The molecule has 0 aliphatic carbocycles. The van der Waals surface area contributed by atoms with E-state index in [-0.39, 0.29) is 6.03 Å². The third-order valence-electron chi connectivity index (χ3n) is 5.74. The number of amides is 2. The number of urea groups is 1. The van der Waals surface area contributed by atoms with Gasteiger partial charge in [0, 0.05) is 37.1 Å². The SMILES string of the molecule is Cc1ccc(N2CCC(N3CCc4ccccc4NC3=O)CC2)c(C)c1. The van der Waals surface area contributed by atoms with Gasteiger partial charge in [-0.05, 0) is 56.4 Å². The number of carbonyl (C=O) groups is 1. The Hall–Kier alpha value is -2.49. The summed E-state index contributed by atoms with van der Waals surface area (Å²) in [6, 6.07) is 15.2. The minimum atomic E-state index is 0.0555. The normalized spacial score (nSPS) is 18.3. The first-order valence-corrected chi connectivity index (χ1v) is 9.59. The van der Waals surface area contributed by atoms with Gasteiger partial charge in [-0.25, -0.2) is 4.79 Å². The van der Waals surface area contributed by atoms with Gasteiger partial charge < -0.3 is 15.1 Å². The lowest BCUT2D eigenvalue weighted by molar-refractivity contribution is 0.177. The molecule has 1 saturated heterocycles. The molecule has 0 saturated carbocycles. The largest absolute Gasteiger partial charge is 0.371 e. The Balaban J connectivity index is 1.42. The zero-order valence-electron chi connectivity index (χ0n) is 15.7. The molecule has 2 aliphatic rings. The fourth-order valence-corrected chi connectivity index (χ4v) is 4.32. The van der Waals surface area contributed by atoms with Gasteiger partial charge in [-0.3, -0.25) is 0 Å². The van der Waals surface area contributed by atoms with Crippen molar-refractivity contribution in [3.05, 3.63) is 59.2 Å². The fraction of sp³-hybridized carbons (Fsp3) is 0.409. The van der Waals surface area contributed by atoms with Crippen molar-refractivity contribution in [3.63, 3.8) is 0 Å². The molecule has 1 N–H and O–H groups in total. The molecule has 2 amide bonds. The van der Waals surface area contributed by atoms with Crippen molar-refractivity contribution in [1.29, 1.82) is 0 Å². The molecular formula is C22H27N3O. The minimum Gasteiger partial charge on any atom is -0.371 e. The van der Waals surface area contributed by atoms with Crippen LogP contribution in [0.2, 0.25) is 0 Å². The van der Waals surface area contributed by atoms with E-state index < -0.39 is 0 Å². The second-order valence-corrected chi connectivity index (χ2v) is 7.54. The summed E-state index contributed by atoms with van der Waals surface area (Å²) >= 11 is 0. The predicted molar refractivity (Wildman–Crippen MR) is 107 cm³/mol. The monoisotopic (exact) mass is 349 g/mol. The maximum atomic E-state index is 12.7. The minimum absolute atomic E-state index is 0.0555. The number of para-hydroxylation sites is 1. The second kappa shape index (κ2) is 7.02. The van der Waals surface area contributed by atoms with Crippen LogP contribution in [-0.4, -0.2) is 36.6 Å². The average molecular weight is 349 g/mol. The van der Waals surface area contributed by atoms with Gasteiger partial charge in [0.05, 0.1) is 0 Å². The number of nitrogens with one attached hydrogen (secondary N) is 1. The predicted octanol–water partition coefficient (Wildman–Crippen LogP) is 4.36. The Morgan fingerprint density at radius 1 is 1.00 bits per heavy atom. The Morgan fingerprint density at radius 3 is 2.54 bits per heavy atom. The number of nitrogens with zero attached hydrogens (tertiary/aromatic N) is 2. The number of aryl methyl sites for hydroxylation is 2. The van der Waals surface area contributed by atoms with Crippen LogP contribution < -0.4 is 10.2 Å². The smallest absolute Gasteiger partial charge is 0.322 e. The summed E-state index contributed by atoms with van der Waals surface area (Å²) in [6.45, 7) is 7.14. The van der Waals surface area contributed by atoms with Crippen LogP contribution in [0.15, 0.2) is 42.5 Å². The third kappa shape index (κ3) is 3.28. The van der Waals surface area contributed by atoms with Gasteiger partial charge in [-0.1, -0.05) is 35.9 Å². The highest BCUT2D eigenvalue weighted by Crippen LogP contribution is 2.28. The summed E-state index contributed by atoms with van der Waals surface area (Å²) in [7, 11) is 0. The van der Waals surface area contributed by atoms with Gasteiger partial charge in [-0.2, -0.15) is 0 Å². The van der Waals surface area contributed by atoms with Crippen LogP contribution in [-0.2, 0) is 6.42 Å². The topological polar surface area (TPSA) is 35.6 Å². The Morgan fingerprint density at radius 2 is 1.77 bits per heavy atom. The fourth-order valence-electron chi connectivity index (χ4n) is 4.32. The van der Waals surface area contributed by atoms with Crippen molar-refractivity contribution < 1.29 is 4.79 Å². The maximum Gasteiger partial charge on any atom is 0.322 e. The molecule has 4 heteroatoms. The number of piperidine rings is 1. The second-order valence-electron chi connectivity index (χ2n) is 7.54. The quantitative estimate of drug-likeness (QED) is 0.874. The first-order chi connectivity index (χ1) is 12.6. The van der Waals surface area contributed by atoms with Gasteiger partial charge in [0.25, 0.3) is 0 Å². The van der Waals surface area contributed by atoms with Crippen molar-refractivity contribution in [3.8, 4) is 0 Å². The summed E-state index contributed by atoms with van der Waals surface area (Å²) in [5, 5.41) is 3.10. The van der Waals surface area contributed by atoms with Crippen molar-refractivity contribution in [2.24, 2.45) is 0 Å². The highest BCUT2D eigenvalue weighted by atomic mass is 16.2. The number of carbonyl (C=O) groups excluding carboxylic acids is 1. The van der Waals surface area contributed by atoms with Crippen molar-refractivity contribution in [2.45, 2.75) is 39.2 Å². The van der Waals surface area contributed by atoms with E-state index in [1.807, 2.05) is 18.2 Å². The lowest BCUT2D eigenvalue weighted by Gasteiger charge is -2.39. The number of anilines is 2. The molecule has 2 aliphatic heterocycles. The summed E-state index contributed by atoms with van der Waals surface area (Å²) in [4.78, 5) is 17.2. The first-order valence-electron chi connectivity index (χ1n) is 9.59. The lowest BCUT2D eigenvalue weighted by atomic mass is 10.0. The highest BCUT2D eigenvalue weighted by Gasteiger charge is 2.30. The molecular weight excluding hydrogens is 322 g/mol. The molecule has 2 aromatic rings. The van der Waals surface area contributed by atoms with Crippen LogP contribution in [0, 0.1) is 13.8 Å². The van der Waals surface area contributed by atoms with E-state index in [9.17, 15) is 4.79 Å². The van der Waals surface area contributed by atoms with E-state index in [2.05, 4.69) is 53.2 Å². The van der Waals surface area contributed by atoms with Gasteiger partial charge in [0.1, 0.15) is 0 Å². The van der Waals surface area contributed by atoms with Crippen LogP contribution in [0.5, 0.6) is 0 Å². The van der Waals surface area contributed by atoms with Crippen LogP contribution >= 0.6 is 0 Å². The standard InChI is InChI=1S/C22H27N3O/c1-16-7-8-21(17(2)15-16)24-12-10-19(11-13-24)25-14-9-18-5-3-4-6-20(18)23-22(25)26/h3-8,15,19H,9-14H2,1-2H3,(H,23,26). The van der Waals surface area contributed by atoms with E-state index >= 15 is 0 Å². The lowest BCUT2D eigenvalue weighted by Crippen LogP contribution is -2.49. The molecule has 0 bridgehead atoms. The Labute approximate surface area is 155 Å². The van der Waals surface area contributed by atoms with Crippen molar-refractivity contribution in [1.82, 2.24) is 4.90 Å². The molecule has 0 radical (unpaired) electrons. The summed E-state index contributed by atoms with van der Waals surface area (Å²) in [5.41, 5.74) is 6.18. The van der Waals surface area contributed by atoms with E-state index in [1.165, 1.54) is 22.4 Å². The number of fused-ring (bicyclic) bond motifs is 1. The molecule has 0 unspecified atom stereocenters. The van der Waals surface area contributed by atoms with E-state index in [1.54, 1.807) is 0 Å². The number of benzene rings is 2. The summed E-state index contributed by atoms with van der Waals surface area (Å²) in [5.74, 6) is 0. The van der Waals surface area contributed by atoms with Crippen LogP contribution in [0.1, 0.15) is 29.5 Å². The number of hydrogen-bond acceptors (Lipinski definition) is 2. The molecule has 0 aromatic heterocycles. The Bertz CT molecular complexity index is 809.